The maximum atomic E-state index is 13.6. The van der Waals surface area contributed by atoms with E-state index in [9.17, 15) is 18.3 Å². The van der Waals surface area contributed by atoms with Crippen LogP contribution in [-0.2, 0) is 30.7 Å². The molecule has 2 atom stereocenters. The summed E-state index contributed by atoms with van der Waals surface area (Å²) in [5, 5.41) is 17.8. The molecule has 0 radical (unpaired) electrons. The van der Waals surface area contributed by atoms with Crippen LogP contribution in [0.3, 0.4) is 0 Å². The topological polar surface area (TPSA) is 160 Å². The van der Waals surface area contributed by atoms with Crippen molar-refractivity contribution < 1.29 is 37.3 Å². The molecule has 12 nitrogen and oxygen atoms in total. The van der Waals surface area contributed by atoms with E-state index in [1.54, 1.807) is 12.1 Å². The van der Waals surface area contributed by atoms with Crippen molar-refractivity contribution in [3.8, 4) is 5.75 Å². The summed E-state index contributed by atoms with van der Waals surface area (Å²) in [5.74, 6) is 0.502. The molecule has 0 aliphatic carbocycles. The van der Waals surface area contributed by atoms with Gasteiger partial charge in [-0.05, 0) is 55.0 Å². The minimum Gasteiger partial charge on any atom is -0.497 e. The number of carbonyl (C=O) groups is 1. The van der Waals surface area contributed by atoms with Gasteiger partial charge in [-0.25, -0.2) is 18.7 Å². The third kappa shape index (κ3) is 11.2. The van der Waals surface area contributed by atoms with E-state index in [1.165, 1.54) is 23.5 Å². The lowest BCUT2D eigenvalue weighted by atomic mass is 10.0. The van der Waals surface area contributed by atoms with E-state index in [4.69, 9.17) is 24.5 Å². The lowest BCUT2D eigenvalue weighted by molar-refractivity contribution is -0.0385. The van der Waals surface area contributed by atoms with Gasteiger partial charge in [0.2, 0.25) is 10.0 Å². The number of nitrogens with one attached hydrogen (secondary N) is 2. The van der Waals surface area contributed by atoms with Gasteiger partial charge in [-0.1, -0.05) is 44.2 Å². The highest BCUT2D eigenvalue weighted by molar-refractivity contribution is 7.89. The van der Waals surface area contributed by atoms with E-state index in [0.29, 0.717) is 31.8 Å². The number of benzene rings is 2. The minimum absolute atomic E-state index is 0.0246. The van der Waals surface area contributed by atoms with Gasteiger partial charge in [-0.3, -0.25) is 0 Å². The number of alkyl carbamates (subject to hydrolysis) is 1. The first-order valence-electron chi connectivity index (χ1n) is 14.5. The predicted octanol–water partition coefficient (Wildman–Crippen LogP) is 3.64. The molecule has 1 heterocycles. The molecule has 3 N–H and O–H groups in total. The second-order valence-electron chi connectivity index (χ2n) is 10.9. The molecule has 1 amide bonds. The average Bonchev–Trinajstić information content (AvgIpc) is 2.99. The number of hydrogen-bond donors (Lipinski definition) is 3. The van der Waals surface area contributed by atoms with Gasteiger partial charge in [0.1, 0.15) is 5.75 Å². The fraction of sp³-hybridized carbons (Fsp3) is 0.567. The van der Waals surface area contributed by atoms with Crippen LogP contribution in [0.2, 0.25) is 0 Å². The van der Waals surface area contributed by atoms with Crippen LogP contribution < -0.4 is 10.1 Å². The highest BCUT2D eigenvalue weighted by Gasteiger charge is 2.32. The molecule has 0 spiro atoms. The monoisotopic (exact) mass is 620 g/mol. The van der Waals surface area contributed by atoms with Crippen LogP contribution in [0.25, 0.3) is 0 Å². The normalized spacial score (nSPS) is 19.8. The SMILES string of the molecule is COc1ccc(S(=O)(=O)N(CC(C)C)CC(O)C(Cc2ccccc2)NC(=O)OC2COCCC(N=N)CCOC2)cc1. The summed E-state index contributed by atoms with van der Waals surface area (Å²) in [4.78, 5) is 13.1. The number of amides is 1. The lowest BCUT2D eigenvalue weighted by Gasteiger charge is -2.31. The molecule has 2 aromatic carbocycles. The van der Waals surface area contributed by atoms with Crippen LogP contribution in [0.15, 0.2) is 64.6 Å². The smallest absolute Gasteiger partial charge is 0.407 e. The Bertz CT molecular complexity index is 1220. The Hall–Kier alpha value is -3.10. The van der Waals surface area contributed by atoms with Crippen molar-refractivity contribution in [1.82, 2.24) is 9.62 Å². The molecule has 1 aliphatic rings. The summed E-state index contributed by atoms with van der Waals surface area (Å²) in [6, 6.07) is 14.4. The number of sulfonamides is 1. The first kappa shape index (κ1) is 34.4. The summed E-state index contributed by atoms with van der Waals surface area (Å²) < 4.78 is 50.5. The van der Waals surface area contributed by atoms with Crippen LogP contribution in [0, 0.1) is 11.4 Å². The van der Waals surface area contributed by atoms with E-state index in [2.05, 4.69) is 10.4 Å². The number of ether oxygens (including phenoxy) is 4. The van der Waals surface area contributed by atoms with E-state index < -0.39 is 34.4 Å². The average molecular weight is 621 g/mol. The third-order valence-electron chi connectivity index (χ3n) is 6.98. The molecule has 2 unspecified atom stereocenters. The molecule has 238 valence electrons. The fourth-order valence-electron chi connectivity index (χ4n) is 4.66. The van der Waals surface area contributed by atoms with E-state index in [-0.39, 0.29) is 49.6 Å². The molecule has 0 aromatic heterocycles. The zero-order valence-electron chi connectivity index (χ0n) is 25.1. The lowest BCUT2D eigenvalue weighted by Crippen LogP contribution is -2.51. The summed E-state index contributed by atoms with van der Waals surface area (Å²) in [5.41, 5.74) is 8.09. The Kier molecular flexibility index (Phi) is 13.8. The van der Waals surface area contributed by atoms with Crippen molar-refractivity contribution in [2.75, 3.05) is 46.6 Å². The number of aliphatic hydroxyl groups is 1. The van der Waals surface area contributed by atoms with Crippen molar-refractivity contribution >= 4 is 16.1 Å². The Labute approximate surface area is 254 Å². The largest absolute Gasteiger partial charge is 0.497 e. The Morgan fingerprint density at radius 1 is 1.07 bits per heavy atom. The number of hydrogen-bond acceptors (Lipinski definition) is 10. The van der Waals surface area contributed by atoms with E-state index in [1.807, 2.05) is 44.2 Å². The summed E-state index contributed by atoms with van der Waals surface area (Å²) in [6.07, 6.45) is -1.34. The summed E-state index contributed by atoms with van der Waals surface area (Å²) in [7, 11) is -2.47. The summed E-state index contributed by atoms with van der Waals surface area (Å²) >= 11 is 0. The standard InChI is InChI=1S/C30H44N4O8S/c1-22(2)18-34(43(37,38)27-11-9-25(39-3)10-12-27)19-29(35)28(17-23-7-5-4-6-8-23)32-30(36)42-26-20-40-15-13-24(33-31)14-16-41-21-26/h4-12,22,24,26,28-29,31,35H,13-21H2,1-3H3,(H,32,36). The van der Waals surface area contributed by atoms with Gasteiger partial charge in [0.15, 0.2) is 6.10 Å². The molecule has 1 aliphatic heterocycles. The second-order valence-corrected chi connectivity index (χ2v) is 12.9. The Morgan fingerprint density at radius 3 is 2.26 bits per heavy atom. The van der Waals surface area contributed by atoms with Gasteiger partial charge in [0, 0.05) is 26.3 Å². The van der Waals surface area contributed by atoms with Crippen LogP contribution in [0.1, 0.15) is 32.3 Å². The number of carbonyl (C=O) groups excluding carboxylic acids is 1. The summed E-state index contributed by atoms with van der Waals surface area (Å²) in [6.45, 7) is 4.66. The molecule has 0 bridgehead atoms. The number of methoxy groups -OCH3 is 1. The van der Waals surface area contributed by atoms with Crippen LogP contribution in [-0.4, -0.2) is 94.8 Å². The predicted molar refractivity (Wildman–Crippen MR) is 160 cm³/mol. The molecule has 0 saturated carbocycles. The van der Waals surface area contributed by atoms with Crippen molar-refractivity contribution in [2.24, 2.45) is 11.0 Å². The maximum Gasteiger partial charge on any atom is 0.407 e. The number of nitrogens with zero attached hydrogens (tertiary/aromatic N) is 2. The fourth-order valence-corrected chi connectivity index (χ4v) is 6.28. The highest BCUT2D eigenvalue weighted by Crippen LogP contribution is 2.22. The number of rotatable bonds is 13. The minimum atomic E-state index is -3.97. The van der Waals surface area contributed by atoms with Gasteiger partial charge in [0.25, 0.3) is 0 Å². The Balaban J connectivity index is 1.75. The van der Waals surface area contributed by atoms with Crippen molar-refractivity contribution in [3.05, 3.63) is 60.2 Å². The Morgan fingerprint density at radius 2 is 1.70 bits per heavy atom. The van der Waals surface area contributed by atoms with Gasteiger partial charge in [-0.2, -0.15) is 9.42 Å². The molecule has 43 heavy (non-hydrogen) atoms. The van der Waals surface area contributed by atoms with Crippen molar-refractivity contribution in [1.29, 1.82) is 5.53 Å². The molecule has 1 fully saturated rings. The quantitative estimate of drug-likeness (QED) is 0.286. The molecule has 1 saturated heterocycles. The second kappa shape index (κ2) is 17.3. The van der Waals surface area contributed by atoms with Gasteiger partial charge in [0.05, 0.1) is 43.4 Å². The highest BCUT2D eigenvalue weighted by atomic mass is 32.2. The van der Waals surface area contributed by atoms with Crippen LogP contribution in [0.4, 0.5) is 4.79 Å². The van der Waals surface area contributed by atoms with Crippen LogP contribution in [0.5, 0.6) is 5.75 Å². The molecule has 2 aromatic rings. The molecule has 13 heteroatoms. The van der Waals surface area contributed by atoms with Gasteiger partial charge >= 0.3 is 6.09 Å². The zero-order valence-corrected chi connectivity index (χ0v) is 25.9. The molecular weight excluding hydrogens is 576 g/mol. The zero-order chi connectivity index (χ0) is 31.2. The third-order valence-corrected chi connectivity index (χ3v) is 8.82. The van der Waals surface area contributed by atoms with Crippen molar-refractivity contribution in [3.63, 3.8) is 0 Å². The first-order chi connectivity index (χ1) is 20.6. The maximum absolute atomic E-state index is 13.6. The number of aliphatic hydroxyl groups excluding tert-OH is 1. The van der Waals surface area contributed by atoms with Crippen molar-refractivity contribution in [2.45, 2.75) is 62.3 Å². The van der Waals surface area contributed by atoms with Crippen LogP contribution >= 0.6 is 0 Å². The van der Waals surface area contributed by atoms with Gasteiger partial charge < -0.3 is 29.4 Å². The van der Waals surface area contributed by atoms with Gasteiger partial charge in [-0.15, -0.1) is 0 Å². The first-order valence-corrected chi connectivity index (χ1v) is 15.9. The van der Waals surface area contributed by atoms with E-state index in [0.717, 1.165) is 5.56 Å². The van der Waals surface area contributed by atoms with E-state index >= 15 is 0 Å². The molecular formula is C30H44N4O8S. The molecule has 3 rings (SSSR count).